The Bertz CT molecular complexity index is 549. The van der Waals surface area contributed by atoms with Crippen molar-refractivity contribution in [2.75, 3.05) is 6.54 Å². The molecule has 2 aromatic rings. The lowest BCUT2D eigenvalue weighted by Crippen LogP contribution is -2.19. The molecule has 0 saturated heterocycles. The second-order valence-corrected chi connectivity index (χ2v) is 4.90. The standard InChI is InChI=1S/C14H17F2N3/c1-9(2)6-17-8-14-18-7-13(19-14)10-3-4-11(15)12(16)5-10/h3-5,7,9,17H,6,8H2,1-2H3,(H,18,19). The van der Waals surface area contributed by atoms with Crippen LogP contribution in [0.5, 0.6) is 0 Å². The number of aromatic amines is 1. The quantitative estimate of drug-likeness (QED) is 0.872. The van der Waals surface area contributed by atoms with Gasteiger partial charge in [-0.1, -0.05) is 13.8 Å². The van der Waals surface area contributed by atoms with Crippen LogP contribution < -0.4 is 5.32 Å². The highest BCUT2D eigenvalue weighted by Crippen LogP contribution is 2.19. The maximum absolute atomic E-state index is 13.1. The number of hydrogen-bond acceptors (Lipinski definition) is 2. The second kappa shape index (κ2) is 5.93. The minimum absolute atomic E-state index is 0.570. The fraction of sp³-hybridized carbons (Fsp3) is 0.357. The van der Waals surface area contributed by atoms with Gasteiger partial charge in [0.15, 0.2) is 11.6 Å². The van der Waals surface area contributed by atoms with E-state index in [4.69, 9.17) is 0 Å². The summed E-state index contributed by atoms with van der Waals surface area (Å²) < 4.78 is 26.0. The molecule has 3 nitrogen and oxygen atoms in total. The van der Waals surface area contributed by atoms with Crippen molar-refractivity contribution < 1.29 is 8.78 Å². The highest BCUT2D eigenvalue weighted by Gasteiger charge is 2.07. The highest BCUT2D eigenvalue weighted by atomic mass is 19.2. The lowest BCUT2D eigenvalue weighted by molar-refractivity contribution is 0.509. The van der Waals surface area contributed by atoms with Crippen LogP contribution in [-0.2, 0) is 6.54 Å². The van der Waals surface area contributed by atoms with Gasteiger partial charge < -0.3 is 10.3 Å². The van der Waals surface area contributed by atoms with Gasteiger partial charge in [-0.25, -0.2) is 13.8 Å². The topological polar surface area (TPSA) is 40.7 Å². The van der Waals surface area contributed by atoms with Crippen LogP contribution in [0.25, 0.3) is 11.3 Å². The van der Waals surface area contributed by atoms with E-state index in [-0.39, 0.29) is 0 Å². The third kappa shape index (κ3) is 3.61. The molecule has 19 heavy (non-hydrogen) atoms. The lowest BCUT2D eigenvalue weighted by atomic mass is 10.1. The van der Waals surface area contributed by atoms with Gasteiger partial charge in [0.1, 0.15) is 5.82 Å². The molecule has 0 aliphatic heterocycles. The Hall–Kier alpha value is -1.75. The number of rotatable bonds is 5. The predicted molar refractivity (Wildman–Crippen MR) is 70.5 cm³/mol. The minimum Gasteiger partial charge on any atom is -0.341 e. The van der Waals surface area contributed by atoms with Gasteiger partial charge in [-0.15, -0.1) is 0 Å². The molecule has 102 valence electrons. The maximum Gasteiger partial charge on any atom is 0.159 e. The number of nitrogens with zero attached hydrogens (tertiary/aromatic N) is 1. The molecule has 1 aromatic heterocycles. The normalized spacial score (nSPS) is 11.2. The van der Waals surface area contributed by atoms with Gasteiger partial charge in [0.25, 0.3) is 0 Å². The molecule has 0 atom stereocenters. The van der Waals surface area contributed by atoms with Crippen LogP contribution >= 0.6 is 0 Å². The third-order valence-corrected chi connectivity index (χ3v) is 2.70. The first kappa shape index (κ1) is 13.7. The van der Waals surface area contributed by atoms with Gasteiger partial charge in [-0.3, -0.25) is 0 Å². The molecule has 0 spiro atoms. The zero-order chi connectivity index (χ0) is 13.8. The molecule has 1 aromatic carbocycles. The SMILES string of the molecule is CC(C)CNCc1ncc(-c2ccc(F)c(F)c2)[nH]1. The summed E-state index contributed by atoms with van der Waals surface area (Å²) >= 11 is 0. The summed E-state index contributed by atoms with van der Waals surface area (Å²) in [5, 5.41) is 3.26. The molecule has 2 rings (SSSR count). The molecule has 0 aliphatic carbocycles. The molecule has 0 unspecified atom stereocenters. The van der Waals surface area contributed by atoms with Crippen LogP contribution in [0.4, 0.5) is 8.78 Å². The average Bonchev–Trinajstić information content (AvgIpc) is 2.81. The smallest absolute Gasteiger partial charge is 0.159 e. The van der Waals surface area contributed by atoms with E-state index in [1.54, 1.807) is 6.20 Å². The molecule has 0 radical (unpaired) electrons. The Labute approximate surface area is 111 Å². The van der Waals surface area contributed by atoms with Crippen molar-refractivity contribution in [2.45, 2.75) is 20.4 Å². The van der Waals surface area contributed by atoms with Crippen molar-refractivity contribution in [1.29, 1.82) is 0 Å². The van der Waals surface area contributed by atoms with Crippen molar-refractivity contribution in [1.82, 2.24) is 15.3 Å². The van der Waals surface area contributed by atoms with Gasteiger partial charge in [-0.2, -0.15) is 0 Å². The fourth-order valence-corrected chi connectivity index (χ4v) is 1.74. The fourth-order valence-electron chi connectivity index (χ4n) is 1.74. The largest absolute Gasteiger partial charge is 0.341 e. The van der Waals surface area contributed by atoms with Crippen LogP contribution in [0.1, 0.15) is 19.7 Å². The Kier molecular flexibility index (Phi) is 4.27. The van der Waals surface area contributed by atoms with Crippen LogP contribution in [0, 0.1) is 17.6 Å². The van der Waals surface area contributed by atoms with E-state index >= 15 is 0 Å². The molecule has 2 N–H and O–H groups in total. The molecular weight excluding hydrogens is 248 g/mol. The molecule has 0 aliphatic rings. The summed E-state index contributed by atoms with van der Waals surface area (Å²) in [6, 6.07) is 3.80. The Morgan fingerprint density at radius 2 is 2.05 bits per heavy atom. The number of benzene rings is 1. The van der Waals surface area contributed by atoms with Gasteiger partial charge in [0.2, 0.25) is 0 Å². The maximum atomic E-state index is 13.1. The second-order valence-electron chi connectivity index (χ2n) is 4.90. The predicted octanol–water partition coefficient (Wildman–Crippen LogP) is 3.10. The summed E-state index contributed by atoms with van der Waals surface area (Å²) in [6.07, 6.45) is 1.62. The van der Waals surface area contributed by atoms with Gasteiger partial charge >= 0.3 is 0 Å². The number of nitrogens with one attached hydrogen (secondary N) is 2. The Morgan fingerprint density at radius 1 is 1.26 bits per heavy atom. The molecular formula is C14H17F2N3. The Balaban J connectivity index is 2.05. The van der Waals surface area contributed by atoms with E-state index in [9.17, 15) is 8.78 Å². The molecule has 0 bridgehead atoms. The number of imidazole rings is 1. The van der Waals surface area contributed by atoms with Crippen LogP contribution in [0.15, 0.2) is 24.4 Å². The molecule has 5 heteroatoms. The van der Waals surface area contributed by atoms with Crippen LogP contribution in [-0.4, -0.2) is 16.5 Å². The number of hydrogen-bond donors (Lipinski definition) is 2. The molecule has 0 fully saturated rings. The van der Waals surface area contributed by atoms with E-state index in [2.05, 4.69) is 29.1 Å². The van der Waals surface area contributed by atoms with E-state index in [1.165, 1.54) is 6.07 Å². The number of halogens is 2. The van der Waals surface area contributed by atoms with Crippen molar-refractivity contribution in [3.8, 4) is 11.3 Å². The molecule has 0 saturated carbocycles. The van der Waals surface area contributed by atoms with E-state index < -0.39 is 11.6 Å². The first-order chi connectivity index (χ1) is 9.06. The highest BCUT2D eigenvalue weighted by molar-refractivity contribution is 5.58. The Morgan fingerprint density at radius 3 is 2.74 bits per heavy atom. The van der Waals surface area contributed by atoms with Crippen molar-refractivity contribution >= 4 is 0 Å². The summed E-state index contributed by atoms with van der Waals surface area (Å²) in [5.74, 6) is -0.352. The minimum atomic E-state index is -0.855. The average molecular weight is 265 g/mol. The number of H-pyrrole nitrogens is 1. The monoisotopic (exact) mass is 265 g/mol. The van der Waals surface area contributed by atoms with E-state index in [0.29, 0.717) is 23.7 Å². The first-order valence-corrected chi connectivity index (χ1v) is 6.26. The first-order valence-electron chi connectivity index (χ1n) is 6.26. The van der Waals surface area contributed by atoms with Gasteiger partial charge in [0.05, 0.1) is 18.4 Å². The molecule has 0 amide bonds. The van der Waals surface area contributed by atoms with Crippen molar-refractivity contribution in [2.24, 2.45) is 5.92 Å². The van der Waals surface area contributed by atoms with Crippen LogP contribution in [0.3, 0.4) is 0 Å². The zero-order valence-electron chi connectivity index (χ0n) is 11.0. The van der Waals surface area contributed by atoms with Crippen molar-refractivity contribution in [3.63, 3.8) is 0 Å². The van der Waals surface area contributed by atoms with E-state index in [1.807, 2.05) is 0 Å². The summed E-state index contributed by atoms with van der Waals surface area (Å²) in [4.78, 5) is 7.29. The van der Waals surface area contributed by atoms with E-state index in [0.717, 1.165) is 24.5 Å². The van der Waals surface area contributed by atoms with Gasteiger partial charge in [0, 0.05) is 5.56 Å². The van der Waals surface area contributed by atoms with Gasteiger partial charge in [-0.05, 0) is 30.7 Å². The van der Waals surface area contributed by atoms with Crippen LogP contribution in [0.2, 0.25) is 0 Å². The lowest BCUT2D eigenvalue weighted by Gasteiger charge is -2.05. The van der Waals surface area contributed by atoms with Crippen molar-refractivity contribution in [3.05, 3.63) is 41.9 Å². The third-order valence-electron chi connectivity index (χ3n) is 2.70. The summed E-state index contributed by atoms with van der Waals surface area (Å²) in [6.45, 7) is 5.78. The number of aromatic nitrogens is 2. The zero-order valence-corrected chi connectivity index (χ0v) is 11.0. The summed E-state index contributed by atoms with van der Waals surface area (Å²) in [7, 11) is 0. The summed E-state index contributed by atoms with van der Waals surface area (Å²) in [5.41, 5.74) is 1.27. The molecule has 1 heterocycles.